The quantitative estimate of drug-likeness (QED) is 0.895. The molecule has 0 radical (unpaired) electrons. The molecule has 3 rings (SSSR count). The zero-order valence-electron chi connectivity index (χ0n) is 14.5. The van der Waals surface area contributed by atoms with Crippen LogP contribution in [0.1, 0.15) is 74.3 Å². The van der Waals surface area contributed by atoms with Gasteiger partial charge in [-0.25, -0.2) is 4.98 Å². The van der Waals surface area contributed by atoms with E-state index in [1.807, 2.05) is 5.38 Å². The summed E-state index contributed by atoms with van der Waals surface area (Å²) in [7, 11) is 0. The average Bonchev–Trinajstić information content (AvgIpc) is 3.17. The second kappa shape index (κ2) is 7.01. The number of hydrogen-bond donors (Lipinski definition) is 1. The van der Waals surface area contributed by atoms with Crippen LogP contribution in [0.3, 0.4) is 0 Å². The molecule has 1 aliphatic carbocycles. The van der Waals surface area contributed by atoms with Gasteiger partial charge in [-0.2, -0.15) is 4.98 Å². The molecule has 0 saturated heterocycles. The molecule has 2 heterocycles. The van der Waals surface area contributed by atoms with Crippen molar-refractivity contribution < 1.29 is 9.32 Å². The SMILES string of the molecule is Cc1nc(C2(NC(=O)Cc3csc(C(C)C)n3)CCCCC2)no1. The van der Waals surface area contributed by atoms with E-state index < -0.39 is 5.54 Å². The summed E-state index contributed by atoms with van der Waals surface area (Å²) in [5.74, 6) is 1.50. The zero-order chi connectivity index (χ0) is 17.2. The number of rotatable bonds is 5. The number of nitrogens with one attached hydrogen (secondary N) is 1. The van der Waals surface area contributed by atoms with Gasteiger partial charge in [-0.15, -0.1) is 11.3 Å². The largest absolute Gasteiger partial charge is 0.343 e. The lowest BCUT2D eigenvalue weighted by Crippen LogP contribution is -2.48. The normalized spacial score (nSPS) is 17.2. The lowest BCUT2D eigenvalue weighted by Gasteiger charge is -2.35. The summed E-state index contributed by atoms with van der Waals surface area (Å²) in [6, 6.07) is 0. The van der Waals surface area contributed by atoms with Gasteiger partial charge in [0.25, 0.3) is 0 Å². The Morgan fingerprint density at radius 2 is 2.08 bits per heavy atom. The van der Waals surface area contributed by atoms with Crippen molar-refractivity contribution in [1.29, 1.82) is 0 Å². The number of aromatic nitrogens is 3. The molecule has 1 aliphatic rings. The Kier molecular flexibility index (Phi) is 4.99. The minimum atomic E-state index is -0.496. The molecule has 2 aromatic heterocycles. The molecule has 0 aliphatic heterocycles. The first-order valence-corrected chi connectivity index (χ1v) is 9.42. The summed E-state index contributed by atoms with van der Waals surface area (Å²) < 4.78 is 5.15. The van der Waals surface area contributed by atoms with E-state index in [0.29, 0.717) is 24.1 Å². The van der Waals surface area contributed by atoms with Crippen LogP contribution in [0.15, 0.2) is 9.90 Å². The number of hydrogen-bond acceptors (Lipinski definition) is 6. The fourth-order valence-corrected chi connectivity index (χ4v) is 4.03. The first kappa shape index (κ1) is 17.1. The summed E-state index contributed by atoms with van der Waals surface area (Å²) in [4.78, 5) is 21.6. The van der Waals surface area contributed by atoms with Crippen molar-refractivity contribution in [1.82, 2.24) is 20.4 Å². The van der Waals surface area contributed by atoms with E-state index in [1.165, 1.54) is 6.42 Å². The Bertz CT molecular complexity index is 701. The Labute approximate surface area is 146 Å². The summed E-state index contributed by atoms with van der Waals surface area (Å²) in [6.45, 7) is 5.99. The van der Waals surface area contributed by atoms with Gasteiger partial charge >= 0.3 is 0 Å². The van der Waals surface area contributed by atoms with Crippen molar-refractivity contribution in [3.05, 3.63) is 27.8 Å². The highest BCUT2D eigenvalue weighted by atomic mass is 32.1. The van der Waals surface area contributed by atoms with Gasteiger partial charge in [0.1, 0.15) is 5.54 Å². The topological polar surface area (TPSA) is 80.9 Å². The fourth-order valence-electron chi connectivity index (χ4n) is 3.20. The molecule has 0 spiro atoms. The molecule has 2 aromatic rings. The Morgan fingerprint density at radius 1 is 1.33 bits per heavy atom. The van der Waals surface area contributed by atoms with Crippen molar-refractivity contribution in [3.63, 3.8) is 0 Å². The molecule has 1 fully saturated rings. The first-order chi connectivity index (χ1) is 11.5. The third-order valence-corrected chi connectivity index (χ3v) is 5.64. The third-order valence-electron chi connectivity index (χ3n) is 4.45. The average molecular weight is 348 g/mol. The highest BCUT2D eigenvalue weighted by molar-refractivity contribution is 7.09. The number of carbonyl (C=O) groups is 1. The second-order valence-electron chi connectivity index (χ2n) is 6.84. The maximum Gasteiger partial charge on any atom is 0.226 e. The monoisotopic (exact) mass is 348 g/mol. The Morgan fingerprint density at radius 3 is 2.67 bits per heavy atom. The molecule has 1 amide bonds. The number of amides is 1. The summed E-state index contributed by atoms with van der Waals surface area (Å²) in [5.41, 5.74) is 0.334. The van der Waals surface area contributed by atoms with Gasteiger partial charge in [0, 0.05) is 18.2 Å². The van der Waals surface area contributed by atoms with Crippen LogP contribution in [0.4, 0.5) is 0 Å². The van der Waals surface area contributed by atoms with Crippen molar-refractivity contribution in [2.45, 2.75) is 70.8 Å². The van der Waals surface area contributed by atoms with Crippen LogP contribution in [0.2, 0.25) is 0 Å². The minimum absolute atomic E-state index is 0.0278. The van der Waals surface area contributed by atoms with Crippen LogP contribution in [0, 0.1) is 6.92 Å². The van der Waals surface area contributed by atoms with Crippen LogP contribution in [0.5, 0.6) is 0 Å². The number of nitrogens with zero attached hydrogens (tertiary/aromatic N) is 3. The van der Waals surface area contributed by atoms with E-state index >= 15 is 0 Å². The second-order valence-corrected chi connectivity index (χ2v) is 7.73. The maximum absolute atomic E-state index is 12.6. The predicted molar refractivity (Wildman–Crippen MR) is 91.8 cm³/mol. The van der Waals surface area contributed by atoms with Gasteiger partial charge in [-0.3, -0.25) is 4.79 Å². The van der Waals surface area contributed by atoms with Gasteiger partial charge in [0.2, 0.25) is 11.8 Å². The first-order valence-electron chi connectivity index (χ1n) is 8.54. The van der Waals surface area contributed by atoms with E-state index in [-0.39, 0.29) is 5.91 Å². The molecule has 1 N–H and O–H groups in total. The zero-order valence-corrected chi connectivity index (χ0v) is 15.3. The standard InChI is InChI=1S/C17H24N4O2S/c1-11(2)15-19-13(10-24-15)9-14(22)20-17(7-5-4-6-8-17)16-18-12(3)23-21-16/h10-11H,4-9H2,1-3H3,(H,20,22). The molecular formula is C17H24N4O2S. The highest BCUT2D eigenvalue weighted by Gasteiger charge is 2.39. The molecular weight excluding hydrogens is 324 g/mol. The molecule has 6 nitrogen and oxygen atoms in total. The van der Waals surface area contributed by atoms with E-state index in [2.05, 4.69) is 34.3 Å². The smallest absolute Gasteiger partial charge is 0.226 e. The molecule has 0 bridgehead atoms. The van der Waals surface area contributed by atoms with Crippen molar-refractivity contribution in [2.75, 3.05) is 0 Å². The molecule has 0 unspecified atom stereocenters. The number of carbonyl (C=O) groups excluding carboxylic acids is 1. The van der Waals surface area contributed by atoms with Gasteiger partial charge < -0.3 is 9.84 Å². The van der Waals surface area contributed by atoms with Crippen LogP contribution in [-0.4, -0.2) is 21.0 Å². The molecule has 7 heteroatoms. The van der Waals surface area contributed by atoms with E-state index in [0.717, 1.165) is 36.4 Å². The maximum atomic E-state index is 12.6. The number of aryl methyl sites for hydroxylation is 1. The lowest BCUT2D eigenvalue weighted by atomic mass is 9.81. The van der Waals surface area contributed by atoms with Gasteiger partial charge in [-0.05, 0) is 12.8 Å². The highest BCUT2D eigenvalue weighted by Crippen LogP contribution is 2.35. The van der Waals surface area contributed by atoms with Crippen LogP contribution in [-0.2, 0) is 16.8 Å². The molecule has 0 atom stereocenters. The molecule has 0 aromatic carbocycles. The molecule has 1 saturated carbocycles. The third kappa shape index (κ3) is 3.66. The van der Waals surface area contributed by atoms with E-state index in [1.54, 1.807) is 18.3 Å². The van der Waals surface area contributed by atoms with Crippen molar-refractivity contribution in [2.24, 2.45) is 0 Å². The van der Waals surface area contributed by atoms with E-state index in [9.17, 15) is 4.79 Å². The van der Waals surface area contributed by atoms with Gasteiger partial charge in [-0.1, -0.05) is 38.3 Å². The predicted octanol–water partition coefficient (Wildman–Crippen LogP) is 3.48. The van der Waals surface area contributed by atoms with Crippen LogP contribution >= 0.6 is 11.3 Å². The Balaban J connectivity index is 1.73. The van der Waals surface area contributed by atoms with Crippen molar-refractivity contribution >= 4 is 17.2 Å². The molecule has 130 valence electrons. The lowest BCUT2D eigenvalue weighted by molar-refractivity contribution is -0.123. The Hall–Kier alpha value is -1.76. The van der Waals surface area contributed by atoms with Crippen LogP contribution < -0.4 is 5.32 Å². The van der Waals surface area contributed by atoms with Crippen LogP contribution in [0.25, 0.3) is 0 Å². The summed E-state index contributed by atoms with van der Waals surface area (Å²) >= 11 is 1.61. The van der Waals surface area contributed by atoms with E-state index in [4.69, 9.17) is 4.52 Å². The number of thiazole rings is 1. The van der Waals surface area contributed by atoms with Crippen molar-refractivity contribution in [3.8, 4) is 0 Å². The minimum Gasteiger partial charge on any atom is -0.343 e. The molecule has 24 heavy (non-hydrogen) atoms. The van der Waals surface area contributed by atoms with Gasteiger partial charge in [0.15, 0.2) is 5.82 Å². The summed E-state index contributed by atoms with van der Waals surface area (Å²) in [5, 5.41) is 10.3. The fraction of sp³-hybridized carbons (Fsp3) is 0.647. The summed E-state index contributed by atoms with van der Waals surface area (Å²) in [6.07, 6.45) is 5.29. The van der Waals surface area contributed by atoms with Gasteiger partial charge in [0.05, 0.1) is 17.1 Å².